The van der Waals surface area contributed by atoms with Crippen molar-refractivity contribution in [3.63, 3.8) is 0 Å². The fourth-order valence-corrected chi connectivity index (χ4v) is 2.54. The quantitative estimate of drug-likeness (QED) is 0.273. The molecule has 0 aromatic rings. The van der Waals surface area contributed by atoms with Crippen molar-refractivity contribution in [2.24, 2.45) is 17.7 Å². The van der Waals surface area contributed by atoms with Gasteiger partial charge >= 0.3 is 6.18 Å². The zero-order valence-electron chi connectivity index (χ0n) is 15.4. The Bertz CT molecular complexity index is 512. The number of hydrogen-bond donors (Lipinski definition) is 2. The first-order chi connectivity index (χ1) is 11.4. The van der Waals surface area contributed by atoms with E-state index in [0.717, 1.165) is 17.6 Å². The van der Waals surface area contributed by atoms with Crippen molar-refractivity contribution < 1.29 is 18.0 Å². The first-order valence-corrected chi connectivity index (χ1v) is 9.20. The van der Waals surface area contributed by atoms with Crippen molar-refractivity contribution in [2.75, 3.05) is 13.3 Å². The number of nitrogens with two attached hydrogens (primary N) is 1. The fraction of sp³-hybridized carbons (Fsp3) is 0.588. The fourth-order valence-electron chi connectivity index (χ4n) is 2.26. The molecule has 0 aliphatic carbocycles. The highest BCUT2D eigenvalue weighted by Gasteiger charge is 2.31. The summed E-state index contributed by atoms with van der Waals surface area (Å²) in [5.74, 6) is 5.20. The van der Waals surface area contributed by atoms with Gasteiger partial charge < -0.3 is 10.3 Å². The second-order valence-electron chi connectivity index (χ2n) is 6.33. The van der Waals surface area contributed by atoms with E-state index in [9.17, 15) is 18.0 Å². The minimum Gasteiger partial charge on any atom is -0.322 e. The molecule has 0 heterocycles. The number of hydrazine groups is 1. The van der Waals surface area contributed by atoms with Gasteiger partial charge in [0.2, 0.25) is 0 Å². The predicted octanol–water partition coefficient (Wildman–Crippen LogP) is 4.19. The highest BCUT2D eigenvalue weighted by Crippen LogP contribution is 2.25. The van der Waals surface area contributed by atoms with Gasteiger partial charge in [-0.1, -0.05) is 26.8 Å². The van der Waals surface area contributed by atoms with Crippen LogP contribution in [0.4, 0.5) is 13.2 Å². The average molecular weight is 379 g/mol. The van der Waals surface area contributed by atoms with Crippen molar-refractivity contribution in [1.82, 2.24) is 10.3 Å². The maximum atomic E-state index is 12.7. The van der Waals surface area contributed by atoms with E-state index in [2.05, 4.69) is 19.2 Å². The molecule has 8 heteroatoms. The molecule has 0 rings (SSSR count). The Morgan fingerprint density at radius 1 is 1.32 bits per heavy atom. The standard InChI is InChI=1S/C17H28F3N3OS/c1-12(2)8-13(3)9-15(6-7-25-5)22-16(24)14(11-23(4)21)10-17(18,19)20/h6-7,9,11-13H,8,10,21H2,1-5H3,(H,22,24)/b7-6-,14-11+,15-9-/t13-/m1/s1. The molecular weight excluding hydrogens is 351 g/mol. The highest BCUT2D eigenvalue weighted by molar-refractivity contribution is 8.01. The van der Waals surface area contributed by atoms with Crippen molar-refractivity contribution in [1.29, 1.82) is 0 Å². The van der Waals surface area contributed by atoms with E-state index in [1.807, 2.05) is 19.3 Å². The van der Waals surface area contributed by atoms with Gasteiger partial charge in [0.25, 0.3) is 5.91 Å². The molecule has 0 aliphatic rings. The van der Waals surface area contributed by atoms with Crippen molar-refractivity contribution >= 4 is 17.7 Å². The summed E-state index contributed by atoms with van der Waals surface area (Å²) in [4.78, 5) is 12.3. The topological polar surface area (TPSA) is 58.4 Å². The van der Waals surface area contributed by atoms with E-state index < -0.39 is 24.1 Å². The number of carbonyl (C=O) groups excluding carboxylic acids is 1. The van der Waals surface area contributed by atoms with E-state index in [1.165, 1.54) is 18.8 Å². The van der Waals surface area contributed by atoms with Gasteiger partial charge in [-0.2, -0.15) is 13.2 Å². The monoisotopic (exact) mass is 379 g/mol. The number of halogens is 3. The number of nitrogens with one attached hydrogen (secondary N) is 1. The number of amides is 1. The number of thioether (sulfide) groups is 1. The molecule has 0 saturated carbocycles. The van der Waals surface area contributed by atoms with Gasteiger partial charge in [-0.25, -0.2) is 5.84 Å². The number of alkyl halides is 3. The second-order valence-corrected chi connectivity index (χ2v) is 7.08. The maximum absolute atomic E-state index is 12.7. The zero-order chi connectivity index (χ0) is 19.6. The van der Waals surface area contributed by atoms with Crippen LogP contribution in [0.1, 0.15) is 33.6 Å². The zero-order valence-corrected chi connectivity index (χ0v) is 16.2. The molecule has 0 radical (unpaired) electrons. The molecule has 0 spiro atoms. The Morgan fingerprint density at radius 2 is 1.92 bits per heavy atom. The molecule has 4 nitrogen and oxygen atoms in total. The summed E-state index contributed by atoms with van der Waals surface area (Å²) in [6.07, 6.45) is 1.43. The van der Waals surface area contributed by atoms with Gasteiger partial charge in [0.1, 0.15) is 0 Å². The maximum Gasteiger partial charge on any atom is 0.393 e. The van der Waals surface area contributed by atoms with Crippen molar-refractivity contribution in [3.05, 3.63) is 35.0 Å². The second kappa shape index (κ2) is 11.3. The van der Waals surface area contributed by atoms with Crippen LogP contribution in [0.2, 0.25) is 0 Å². The normalized spacial score (nSPS) is 15.0. The van der Waals surface area contributed by atoms with Crippen LogP contribution in [0, 0.1) is 11.8 Å². The van der Waals surface area contributed by atoms with Crippen LogP contribution < -0.4 is 11.2 Å². The van der Waals surface area contributed by atoms with Crippen LogP contribution in [-0.2, 0) is 4.79 Å². The molecular formula is C17H28F3N3OS. The molecule has 0 unspecified atom stereocenters. The van der Waals surface area contributed by atoms with Crippen LogP contribution in [0.3, 0.4) is 0 Å². The molecule has 0 bridgehead atoms. The van der Waals surface area contributed by atoms with Gasteiger partial charge in [0.15, 0.2) is 0 Å². The van der Waals surface area contributed by atoms with Crippen molar-refractivity contribution in [2.45, 2.75) is 39.8 Å². The van der Waals surface area contributed by atoms with Crippen LogP contribution >= 0.6 is 11.8 Å². The largest absolute Gasteiger partial charge is 0.393 e. The van der Waals surface area contributed by atoms with E-state index >= 15 is 0 Å². The Hall–Kier alpha value is -1.41. The van der Waals surface area contributed by atoms with Crippen molar-refractivity contribution in [3.8, 4) is 0 Å². The van der Waals surface area contributed by atoms with Gasteiger partial charge in [-0.05, 0) is 36.0 Å². The molecule has 0 fully saturated rings. The molecule has 144 valence electrons. The Labute approximate surface area is 152 Å². The number of carbonyl (C=O) groups is 1. The number of rotatable bonds is 9. The third-order valence-electron chi connectivity index (χ3n) is 2.99. The summed E-state index contributed by atoms with van der Waals surface area (Å²) < 4.78 is 38.1. The van der Waals surface area contributed by atoms with Crippen LogP contribution in [-0.4, -0.2) is 30.4 Å². The molecule has 25 heavy (non-hydrogen) atoms. The minimum absolute atomic E-state index is 0.175. The molecule has 1 atom stereocenters. The Morgan fingerprint density at radius 3 is 2.36 bits per heavy atom. The third kappa shape index (κ3) is 12.6. The summed E-state index contributed by atoms with van der Waals surface area (Å²) in [6, 6.07) is 0. The van der Waals surface area contributed by atoms with E-state index in [4.69, 9.17) is 5.84 Å². The Kier molecular flexibility index (Phi) is 10.6. The lowest BCUT2D eigenvalue weighted by molar-refractivity contribution is -0.134. The van der Waals surface area contributed by atoms with Gasteiger partial charge in [-0.3, -0.25) is 4.79 Å². The van der Waals surface area contributed by atoms with E-state index in [1.54, 1.807) is 11.5 Å². The summed E-state index contributed by atoms with van der Waals surface area (Å²) in [5, 5.41) is 5.25. The highest BCUT2D eigenvalue weighted by atomic mass is 32.2. The summed E-state index contributed by atoms with van der Waals surface area (Å²) in [5.41, 5.74) is 0.0257. The number of hydrogen-bond acceptors (Lipinski definition) is 4. The first-order valence-electron chi connectivity index (χ1n) is 7.92. The molecule has 0 aromatic heterocycles. The molecule has 1 amide bonds. The van der Waals surface area contributed by atoms with Gasteiger partial charge in [0.05, 0.1) is 6.42 Å². The number of nitrogens with zero attached hydrogens (tertiary/aromatic N) is 1. The molecule has 3 N–H and O–H groups in total. The lowest BCUT2D eigenvalue weighted by atomic mass is 9.98. The summed E-state index contributed by atoms with van der Waals surface area (Å²) in [7, 11) is 1.36. The molecule has 0 aromatic carbocycles. The first kappa shape index (κ1) is 23.6. The third-order valence-corrected chi connectivity index (χ3v) is 3.40. The van der Waals surface area contributed by atoms with Crippen LogP contribution in [0.15, 0.2) is 35.0 Å². The molecule has 0 aliphatic heterocycles. The van der Waals surface area contributed by atoms with Crippen LogP contribution in [0.25, 0.3) is 0 Å². The van der Waals surface area contributed by atoms with Gasteiger partial charge in [0, 0.05) is 24.5 Å². The number of allylic oxidation sites excluding steroid dienone is 2. The lowest BCUT2D eigenvalue weighted by Gasteiger charge is -2.16. The van der Waals surface area contributed by atoms with E-state index in [0.29, 0.717) is 11.6 Å². The summed E-state index contributed by atoms with van der Waals surface area (Å²) >= 11 is 1.43. The Balaban J connectivity index is 5.38. The lowest BCUT2D eigenvalue weighted by Crippen LogP contribution is -2.29. The predicted molar refractivity (Wildman–Crippen MR) is 98.2 cm³/mol. The summed E-state index contributed by atoms with van der Waals surface area (Å²) in [6.45, 7) is 6.17. The SMILES string of the molecule is CS/C=C\C(=C\[C@H](C)CC(C)C)NC(=O)/C(=C/N(C)N)CC(F)(F)F. The van der Waals surface area contributed by atoms with Crippen LogP contribution in [0.5, 0.6) is 0 Å². The molecule has 0 saturated heterocycles. The van der Waals surface area contributed by atoms with E-state index in [-0.39, 0.29) is 5.92 Å². The van der Waals surface area contributed by atoms with Gasteiger partial charge in [-0.15, -0.1) is 11.8 Å². The average Bonchev–Trinajstić information content (AvgIpc) is 2.40. The smallest absolute Gasteiger partial charge is 0.322 e. The minimum atomic E-state index is -4.50.